The van der Waals surface area contributed by atoms with Crippen LogP contribution in [0.4, 0.5) is 0 Å². The van der Waals surface area contributed by atoms with E-state index in [4.69, 9.17) is 5.73 Å². The Labute approximate surface area is 119 Å². The molecule has 0 spiro atoms. The average Bonchev–Trinajstić information content (AvgIpc) is 2.53. The monoisotopic (exact) mass is 277 g/mol. The van der Waals surface area contributed by atoms with E-state index in [-0.39, 0.29) is 5.97 Å². The number of aliphatic hydroxyl groups excluding tert-OH is 1. The van der Waals surface area contributed by atoms with Crippen molar-refractivity contribution >= 4 is 5.97 Å². The van der Waals surface area contributed by atoms with Crippen molar-refractivity contribution in [1.29, 1.82) is 0 Å². The maximum atomic E-state index is 11.4. The number of carbonyl (C=O) groups excluding carboxylic acids is 1. The number of methoxy groups -OCH3 is 1. The molecule has 4 nitrogen and oxygen atoms in total. The maximum absolute atomic E-state index is 11.4. The molecule has 2 atom stereocenters. The van der Waals surface area contributed by atoms with Crippen LogP contribution in [0.1, 0.15) is 54.1 Å². The van der Waals surface area contributed by atoms with Crippen LogP contribution < -0.4 is 5.73 Å². The van der Waals surface area contributed by atoms with Gasteiger partial charge in [0.1, 0.15) is 0 Å². The number of ether oxygens (including phenoxy) is 1. The molecule has 0 heterocycles. The summed E-state index contributed by atoms with van der Waals surface area (Å²) in [7, 11) is 1.36. The van der Waals surface area contributed by atoms with Gasteiger partial charge >= 0.3 is 5.97 Å². The van der Waals surface area contributed by atoms with Crippen molar-refractivity contribution in [2.75, 3.05) is 7.11 Å². The van der Waals surface area contributed by atoms with E-state index >= 15 is 0 Å². The topological polar surface area (TPSA) is 72.5 Å². The Morgan fingerprint density at radius 3 is 2.40 bits per heavy atom. The highest BCUT2D eigenvalue weighted by Crippen LogP contribution is 2.31. The van der Waals surface area contributed by atoms with Gasteiger partial charge in [-0.25, -0.2) is 4.79 Å². The van der Waals surface area contributed by atoms with Crippen molar-refractivity contribution in [2.45, 2.75) is 44.2 Å². The lowest BCUT2D eigenvalue weighted by Crippen LogP contribution is -2.34. The quantitative estimate of drug-likeness (QED) is 0.829. The standard InChI is InChI=1S/C16H23NO3/c1-20-16(19)13-9-7-11(8-10-13)14(17)15(18)12-5-3-2-4-6-12/h7-10,12,14-15,18H,2-6,17H2,1H3/t14-,15+/m1/s1. The summed E-state index contributed by atoms with van der Waals surface area (Å²) in [6.45, 7) is 0. The minimum absolute atomic E-state index is 0.291. The minimum Gasteiger partial charge on any atom is -0.465 e. The summed E-state index contributed by atoms with van der Waals surface area (Å²) >= 11 is 0. The molecule has 0 radical (unpaired) electrons. The van der Waals surface area contributed by atoms with E-state index in [1.165, 1.54) is 26.4 Å². The molecule has 2 rings (SSSR count). The van der Waals surface area contributed by atoms with Gasteiger partial charge in [0, 0.05) is 0 Å². The van der Waals surface area contributed by atoms with Crippen LogP contribution >= 0.6 is 0 Å². The molecule has 0 saturated heterocycles. The second kappa shape index (κ2) is 6.86. The number of hydrogen-bond acceptors (Lipinski definition) is 4. The van der Waals surface area contributed by atoms with Crippen LogP contribution in [0.15, 0.2) is 24.3 Å². The van der Waals surface area contributed by atoms with Crippen LogP contribution in [0, 0.1) is 5.92 Å². The predicted octanol–water partition coefficient (Wildman–Crippen LogP) is 2.41. The lowest BCUT2D eigenvalue weighted by Gasteiger charge is -2.30. The smallest absolute Gasteiger partial charge is 0.337 e. The summed E-state index contributed by atoms with van der Waals surface area (Å²) in [5.74, 6) is -0.0722. The number of benzene rings is 1. The Bertz CT molecular complexity index is 438. The minimum atomic E-state index is -0.515. The van der Waals surface area contributed by atoms with E-state index in [0.717, 1.165) is 18.4 Å². The molecular weight excluding hydrogens is 254 g/mol. The molecule has 0 aliphatic heterocycles. The first kappa shape index (κ1) is 15.0. The van der Waals surface area contributed by atoms with E-state index in [2.05, 4.69) is 4.74 Å². The molecule has 1 fully saturated rings. The van der Waals surface area contributed by atoms with Gasteiger partial charge in [-0.3, -0.25) is 0 Å². The van der Waals surface area contributed by atoms with E-state index in [1.807, 2.05) is 0 Å². The highest BCUT2D eigenvalue weighted by atomic mass is 16.5. The van der Waals surface area contributed by atoms with Gasteiger partial charge in [0.2, 0.25) is 0 Å². The van der Waals surface area contributed by atoms with Crippen LogP contribution in [0.2, 0.25) is 0 Å². The molecule has 20 heavy (non-hydrogen) atoms. The van der Waals surface area contributed by atoms with Gasteiger partial charge in [-0.2, -0.15) is 0 Å². The highest BCUT2D eigenvalue weighted by Gasteiger charge is 2.27. The molecule has 0 unspecified atom stereocenters. The van der Waals surface area contributed by atoms with Crippen LogP contribution in [0.3, 0.4) is 0 Å². The lowest BCUT2D eigenvalue weighted by molar-refractivity contribution is 0.0600. The van der Waals surface area contributed by atoms with E-state index in [9.17, 15) is 9.90 Å². The SMILES string of the molecule is COC(=O)c1ccc([C@@H](N)[C@@H](O)C2CCCCC2)cc1. The zero-order chi connectivity index (χ0) is 14.5. The Balaban J connectivity index is 2.04. The number of rotatable bonds is 4. The summed E-state index contributed by atoms with van der Waals surface area (Å²) in [5.41, 5.74) is 7.51. The van der Waals surface area contributed by atoms with Crippen LogP contribution in [-0.4, -0.2) is 24.3 Å². The molecule has 1 aromatic carbocycles. The molecule has 0 amide bonds. The highest BCUT2D eigenvalue weighted by molar-refractivity contribution is 5.89. The fourth-order valence-corrected chi connectivity index (χ4v) is 2.93. The van der Waals surface area contributed by atoms with Crippen molar-refractivity contribution in [3.8, 4) is 0 Å². The molecular formula is C16H23NO3. The van der Waals surface area contributed by atoms with Crippen LogP contribution in [0.5, 0.6) is 0 Å². The zero-order valence-corrected chi connectivity index (χ0v) is 11.9. The van der Waals surface area contributed by atoms with Gasteiger partial charge in [0.25, 0.3) is 0 Å². The summed E-state index contributed by atoms with van der Waals surface area (Å²) in [6.07, 6.45) is 5.20. The number of aliphatic hydroxyl groups is 1. The van der Waals surface area contributed by atoms with Gasteiger partial charge in [-0.1, -0.05) is 31.4 Å². The largest absolute Gasteiger partial charge is 0.465 e. The lowest BCUT2D eigenvalue weighted by atomic mass is 9.81. The van der Waals surface area contributed by atoms with E-state index < -0.39 is 12.1 Å². The number of carbonyl (C=O) groups is 1. The first-order valence-electron chi connectivity index (χ1n) is 7.25. The van der Waals surface area contributed by atoms with Crippen LogP contribution in [0.25, 0.3) is 0 Å². The second-order valence-corrected chi connectivity index (χ2v) is 5.53. The molecule has 4 heteroatoms. The second-order valence-electron chi connectivity index (χ2n) is 5.53. The predicted molar refractivity (Wildman–Crippen MR) is 77.3 cm³/mol. The molecule has 0 bridgehead atoms. The maximum Gasteiger partial charge on any atom is 0.337 e. The molecule has 0 aromatic heterocycles. The molecule has 1 aliphatic rings. The third-order valence-electron chi connectivity index (χ3n) is 4.22. The molecule has 1 saturated carbocycles. The first-order chi connectivity index (χ1) is 9.63. The Kier molecular flexibility index (Phi) is 5.15. The Morgan fingerprint density at radius 2 is 1.85 bits per heavy atom. The van der Waals surface area contributed by atoms with Gasteiger partial charge < -0.3 is 15.6 Å². The first-order valence-corrected chi connectivity index (χ1v) is 7.25. The zero-order valence-electron chi connectivity index (χ0n) is 11.9. The van der Waals surface area contributed by atoms with Gasteiger partial charge in [0.05, 0.1) is 24.8 Å². The van der Waals surface area contributed by atoms with Gasteiger partial charge in [-0.05, 0) is 36.5 Å². The normalized spacial score (nSPS) is 19.4. The molecule has 1 aliphatic carbocycles. The third kappa shape index (κ3) is 3.38. The molecule has 1 aromatic rings. The fourth-order valence-electron chi connectivity index (χ4n) is 2.93. The average molecular weight is 277 g/mol. The molecule has 110 valence electrons. The van der Waals surface area contributed by atoms with Crippen molar-refractivity contribution in [2.24, 2.45) is 11.7 Å². The van der Waals surface area contributed by atoms with Gasteiger partial charge in [-0.15, -0.1) is 0 Å². The summed E-state index contributed by atoms with van der Waals surface area (Å²) in [5, 5.41) is 10.4. The Morgan fingerprint density at radius 1 is 1.25 bits per heavy atom. The van der Waals surface area contributed by atoms with E-state index in [0.29, 0.717) is 11.5 Å². The van der Waals surface area contributed by atoms with Crippen LogP contribution in [-0.2, 0) is 4.74 Å². The van der Waals surface area contributed by atoms with E-state index in [1.54, 1.807) is 24.3 Å². The van der Waals surface area contributed by atoms with Crippen molar-refractivity contribution in [3.63, 3.8) is 0 Å². The summed E-state index contributed by atoms with van der Waals surface area (Å²) < 4.78 is 4.66. The summed E-state index contributed by atoms with van der Waals surface area (Å²) in [6, 6.07) is 6.57. The number of nitrogens with two attached hydrogens (primary N) is 1. The number of esters is 1. The summed E-state index contributed by atoms with van der Waals surface area (Å²) in [4.78, 5) is 11.4. The van der Waals surface area contributed by atoms with Gasteiger partial charge in [0.15, 0.2) is 0 Å². The molecule has 3 N–H and O–H groups in total. The Hall–Kier alpha value is -1.39. The fraction of sp³-hybridized carbons (Fsp3) is 0.562. The van der Waals surface area contributed by atoms with Crippen molar-refractivity contribution in [3.05, 3.63) is 35.4 Å². The van der Waals surface area contributed by atoms with Crippen molar-refractivity contribution in [1.82, 2.24) is 0 Å². The third-order valence-corrected chi connectivity index (χ3v) is 4.22. The number of hydrogen-bond donors (Lipinski definition) is 2. The van der Waals surface area contributed by atoms with Crippen molar-refractivity contribution < 1.29 is 14.6 Å².